The molecule has 0 aromatic heterocycles. The highest BCUT2D eigenvalue weighted by molar-refractivity contribution is 4.80. The molecule has 0 aliphatic rings. The molecule has 0 rings (SSSR count). The molecular weight excluding hydrogens is 220 g/mol. The van der Waals surface area contributed by atoms with Crippen LogP contribution in [0.5, 0.6) is 0 Å². The van der Waals surface area contributed by atoms with Gasteiger partial charge in [-0.1, -0.05) is 54.9 Å². The summed E-state index contributed by atoms with van der Waals surface area (Å²) in [6, 6.07) is 0.584. The van der Waals surface area contributed by atoms with Crippen molar-refractivity contribution in [2.24, 2.45) is 11.3 Å². The average Bonchev–Trinajstić information content (AvgIpc) is 2.35. The molecule has 0 radical (unpaired) electrons. The van der Waals surface area contributed by atoms with Crippen molar-refractivity contribution in [1.29, 1.82) is 0 Å². The van der Waals surface area contributed by atoms with Gasteiger partial charge in [-0.2, -0.15) is 0 Å². The van der Waals surface area contributed by atoms with Gasteiger partial charge in [0.25, 0.3) is 0 Å². The Labute approximate surface area is 116 Å². The van der Waals surface area contributed by atoms with Crippen LogP contribution in [0.1, 0.15) is 61.3 Å². The van der Waals surface area contributed by atoms with Crippen molar-refractivity contribution in [1.82, 2.24) is 10.2 Å². The van der Waals surface area contributed by atoms with Crippen LogP contribution in [0, 0.1) is 11.3 Å². The van der Waals surface area contributed by atoms with Crippen molar-refractivity contribution in [2.75, 3.05) is 26.2 Å². The second kappa shape index (κ2) is 8.92. The Morgan fingerprint density at radius 2 is 1.72 bits per heavy atom. The smallest absolute Gasteiger partial charge is 0.00474 e. The van der Waals surface area contributed by atoms with Gasteiger partial charge in [0.15, 0.2) is 0 Å². The minimum absolute atomic E-state index is 0.397. The van der Waals surface area contributed by atoms with Crippen LogP contribution in [0.3, 0.4) is 0 Å². The van der Waals surface area contributed by atoms with Gasteiger partial charge in [0, 0.05) is 25.7 Å². The molecule has 1 N–H and O–H groups in total. The Morgan fingerprint density at radius 1 is 1.11 bits per heavy atom. The van der Waals surface area contributed by atoms with E-state index < -0.39 is 0 Å². The molecule has 0 bridgehead atoms. The third kappa shape index (κ3) is 7.38. The van der Waals surface area contributed by atoms with Crippen LogP contribution < -0.4 is 5.32 Å². The van der Waals surface area contributed by atoms with E-state index in [0.29, 0.717) is 11.5 Å². The maximum absolute atomic E-state index is 3.61. The first kappa shape index (κ1) is 17.9. The van der Waals surface area contributed by atoms with Gasteiger partial charge in [0.05, 0.1) is 0 Å². The molecule has 0 aromatic carbocycles. The molecule has 2 atom stereocenters. The van der Waals surface area contributed by atoms with E-state index in [9.17, 15) is 0 Å². The molecule has 0 aliphatic carbocycles. The molecular formula is C16H36N2. The van der Waals surface area contributed by atoms with Crippen LogP contribution in [0.2, 0.25) is 0 Å². The summed E-state index contributed by atoms with van der Waals surface area (Å²) in [5.41, 5.74) is 0.397. The van der Waals surface area contributed by atoms with Crippen molar-refractivity contribution in [3.05, 3.63) is 0 Å². The zero-order valence-electron chi connectivity index (χ0n) is 13.8. The lowest BCUT2D eigenvalue weighted by Gasteiger charge is -2.36. The van der Waals surface area contributed by atoms with Gasteiger partial charge in [-0.3, -0.25) is 0 Å². The lowest BCUT2D eigenvalue weighted by atomic mass is 9.86. The van der Waals surface area contributed by atoms with E-state index in [1.54, 1.807) is 0 Å². The molecule has 0 aliphatic heterocycles. The summed E-state index contributed by atoms with van der Waals surface area (Å²) in [5.74, 6) is 0.809. The summed E-state index contributed by atoms with van der Waals surface area (Å²) in [6.07, 6.45) is 2.52. The van der Waals surface area contributed by atoms with E-state index in [1.165, 1.54) is 32.5 Å². The van der Waals surface area contributed by atoms with E-state index in [0.717, 1.165) is 12.5 Å². The Bertz CT molecular complexity index is 203. The standard InChI is InChI=1S/C16H36N2/c1-8-15(6)11-18(10-3)13-16(7,9-2)12-17-14(4)5/h14-15,17H,8-13H2,1-7H3. The van der Waals surface area contributed by atoms with Crippen LogP contribution in [0.25, 0.3) is 0 Å². The lowest BCUT2D eigenvalue weighted by molar-refractivity contribution is 0.142. The van der Waals surface area contributed by atoms with Crippen molar-refractivity contribution in [3.8, 4) is 0 Å². The molecule has 2 heteroatoms. The molecule has 2 unspecified atom stereocenters. The third-order valence-electron chi connectivity index (χ3n) is 4.11. The van der Waals surface area contributed by atoms with Gasteiger partial charge < -0.3 is 10.2 Å². The molecule has 0 fully saturated rings. The van der Waals surface area contributed by atoms with Gasteiger partial charge in [-0.15, -0.1) is 0 Å². The number of nitrogens with zero attached hydrogens (tertiary/aromatic N) is 1. The average molecular weight is 256 g/mol. The summed E-state index contributed by atoms with van der Waals surface area (Å²) in [4.78, 5) is 2.62. The Hall–Kier alpha value is -0.0800. The molecule has 18 heavy (non-hydrogen) atoms. The number of hydrogen-bond donors (Lipinski definition) is 1. The summed E-state index contributed by atoms with van der Waals surface area (Å²) in [6.45, 7) is 20.9. The summed E-state index contributed by atoms with van der Waals surface area (Å²) in [7, 11) is 0. The van der Waals surface area contributed by atoms with Gasteiger partial charge in [0.1, 0.15) is 0 Å². The van der Waals surface area contributed by atoms with E-state index in [2.05, 4.69) is 58.7 Å². The van der Waals surface area contributed by atoms with Crippen molar-refractivity contribution < 1.29 is 0 Å². The zero-order valence-corrected chi connectivity index (χ0v) is 13.8. The largest absolute Gasteiger partial charge is 0.314 e. The first-order valence-corrected chi connectivity index (χ1v) is 7.82. The van der Waals surface area contributed by atoms with E-state index >= 15 is 0 Å². The van der Waals surface area contributed by atoms with Crippen molar-refractivity contribution in [2.45, 2.75) is 67.3 Å². The fourth-order valence-electron chi connectivity index (χ4n) is 2.16. The first-order chi connectivity index (χ1) is 8.36. The molecule has 0 spiro atoms. The fraction of sp³-hybridized carbons (Fsp3) is 1.00. The zero-order chi connectivity index (χ0) is 14.2. The first-order valence-electron chi connectivity index (χ1n) is 7.82. The van der Waals surface area contributed by atoms with E-state index in [4.69, 9.17) is 0 Å². The van der Waals surface area contributed by atoms with Crippen LogP contribution >= 0.6 is 0 Å². The highest BCUT2D eigenvalue weighted by Crippen LogP contribution is 2.22. The quantitative estimate of drug-likeness (QED) is 0.640. The Kier molecular flexibility index (Phi) is 8.89. The fourth-order valence-corrected chi connectivity index (χ4v) is 2.16. The SMILES string of the molecule is CCC(C)CN(CC)CC(C)(CC)CNC(C)C. The molecule has 2 nitrogen and oxygen atoms in total. The minimum Gasteiger partial charge on any atom is -0.314 e. The predicted octanol–water partition coefficient (Wildman–Crippen LogP) is 3.77. The Morgan fingerprint density at radius 3 is 2.11 bits per heavy atom. The number of nitrogens with one attached hydrogen (secondary N) is 1. The highest BCUT2D eigenvalue weighted by Gasteiger charge is 2.25. The molecule has 0 amide bonds. The second-order valence-corrected chi connectivity index (χ2v) is 6.54. The van der Waals surface area contributed by atoms with Crippen LogP contribution in [0.4, 0.5) is 0 Å². The molecule has 0 saturated heterocycles. The van der Waals surface area contributed by atoms with Gasteiger partial charge in [-0.05, 0) is 24.3 Å². The monoisotopic (exact) mass is 256 g/mol. The normalized spacial score (nSPS) is 17.2. The summed E-state index contributed by atoms with van der Waals surface area (Å²) in [5, 5.41) is 3.61. The molecule has 0 aromatic rings. The lowest BCUT2D eigenvalue weighted by Crippen LogP contribution is -2.44. The van der Waals surface area contributed by atoms with Gasteiger partial charge in [0.2, 0.25) is 0 Å². The van der Waals surface area contributed by atoms with Gasteiger partial charge in [-0.25, -0.2) is 0 Å². The maximum atomic E-state index is 3.61. The van der Waals surface area contributed by atoms with Crippen molar-refractivity contribution >= 4 is 0 Å². The summed E-state index contributed by atoms with van der Waals surface area (Å²) >= 11 is 0. The minimum atomic E-state index is 0.397. The molecule has 0 heterocycles. The van der Waals surface area contributed by atoms with Crippen LogP contribution in [-0.4, -0.2) is 37.1 Å². The molecule has 0 saturated carbocycles. The molecule has 110 valence electrons. The van der Waals surface area contributed by atoms with Crippen LogP contribution in [-0.2, 0) is 0 Å². The van der Waals surface area contributed by atoms with Gasteiger partial charge >= 0.3 is 0 Å². The van der Waals surface area contributed by atoms with E-state index in [1.807, 2.05) is 0 Å². The number of rotatable bonds is 10. The highest BCUT2D eigenvalue weighted by atomic mass is 15.1. The van der Waals surface area contributed by atoms with Crippen LogP contribution in [0.15, 0.2) is 0 Å². The number of hydrogen-bond acceptors (Lipinski definition) is 2. The maximum Gasteiger partial charge on any atom is 0.00474 e. The topological polar surface area (TPSA) is 15.3 Å². The van der Waals surface area contributed by atoms with E-state index in [-0.39, 0.29) is 0 Å². The Balaban J connectivity index is 4.36. The van der Waals surface area contributed by atoms with Crippen molar-refractivity contribution in [3.63, 3.8) is 0 Å². The second-order valence-electron chi connectivity index (χ2n) is 6.54. The third-order valence-corrected chi connectivity index (χ3v) is 4.11. The summed E-state index contributed by atoms with van der Waals surface area (Å²) < 4.78 is 0. The predicted molar refractivity (Wildman–Crippen MR) is 83.1 cm³/mol.